The summed E-state index contributed by atoms with van der Waals surface area (Å²) >= 11 is 1.31. The predicted octanol–water partition coefficient (Wildman–Crippen LogP) is 2.73. The first kappa shape index (κ1) is 28.9. The minimum Gasteiger partial charge on any atom is -0.439 e. The number of amides is 2. The molecule has 10 nitrogen and oxygen atoms in total. The lowest BCUT2D eigenvalue weighted by molar-refractivity contribution is -0.129. The molecule has 1 aliphatic carbocycles. The number of nitrogen functional groups attached to an aromatic ring is 1. The smallest absolute Gasteiger partial charge is 0.246 e. The number of aryl methyl sites for hydroxylation is 1. The van der Waals surface area contributed by atoms with Crippen LogP contribution in [0.5, 0.6) is 11.6 Å². The number of Topliss-reactive ketones (excluding diaryl/α,β-unsaturated/α-hetero) is 1. The Morgan fingerprint density at radius 1 is 1.21 bits per heavy atom. The van der Waals surface area contributed by atoms with Crippen LogP contribution < -0.4 is 27.3 Å². The standard InChI is InChI=1S/C32H34N6O4S/c1-3-24(39)38-13-7-8-18(16-38)37-31(41)29-26-25-20(11-12-22(33)28(25)43-29)32(35,30(40)27(26)34)21-15-36-23(14-17(21)2)42-19-9-5-4-6-10-19/h3-6,9-12,14-15,18,26-27,29H,1,7-8,13,16,33-35H2,2H3,(H,37,41). The predicted molar refractivity (Wildman–Crippen MR) is 165 cm³/mol. The number of pyridine rings is 1. The maximum atomic E-state index is 14.2. The molecule has 5 atom stereocenters. The number of thioether (sulfide) groups is 1. The maximum absolute atomic E-state index is 14.2. The molecule has 1 saturated heterocycles. The van der Waals surface area contributed by atoms with Gasteiger partial charge in [-0.3, -0.25) is 14.4 Å². The number of nitrogens with zero attached hydrogens (tertiary/aromatic N) is 2. The van der Waals surface area contributed by atoms with Crippen molar-refractivity contribution >= 4 is 35.0 Å². The first-order chi connectivity index (χ1) is 20.6. The van der Waals surface area contributed by atoms with Gasteiger partial charge in [0.25, 0.3) is 0 Å². The summed E-state index contributed by atoms with van der Waals surface area (Å²) in [7, 11) is 0. The largest absolute Gasteiger partial charge is 0.439 e. The summed E-state index contributed by atoms with van der Waals surface area (Å²) in [6, 6.07) is 13.2. The van der Waals surface area contributed by atoms with Crippen molar-refractivity contribution in [3.63, 3.8) is 0 Å². The van der Waals surface area contributed by atoms with E-state index in [-0.39, 0.29) is 17.9 Å². The van der Waals surface area contributed by atoms with Crippen LogP contribution in [0.2, 0.25) is 0 Å². The van der Waals surface area contributed by atoms with Gasteiger partial charge in [0.1, 0.15) is 11.3 Å². The number of nitrogens with one attached hydrogen (secondary N) is 1. The number of aromatic nitrogens is 1. The van der Waals surface area contributed by atoms with Gasteiger partial charge in [-0.15, -0.1) is 11.8 Å². The van der Waals surface area contributed by atoms with E-state index in [2.05, 4.69) is 16.9 Å². The lowest BCUT2D eigenvalue weighted by atomic mass is 9.65. The Labute approximate surface area is 254 Å². The van der Waals surface area contributed by atoms with Gasteiger partial charge in [-0.05, 0) is 60.7 Å². The highest BCUT2D eigenvalue weighted by atomic mass is 32.2. The fraction of sp³-hybridized carbons (Fsp3) is 0.312. The molecule has 1 fully saturated rings. The monoisotopic (exact) mass is 598 g/mol. The molecule has 6 rings (SSSR count). The average molecular weight is 599 g/mol. The van der Waals surface area contributed by atoms with Crippen LogP contribution in [0, 0.1) is 6.92 Å². The van der Waals surface area contributed by atoms with E-state index in [0.29, 0.717) is 52.0 Å². The van der Waals surface area contributed by atoms with Crippen LogP contribution in [0.3, 0.4) is 0 Å². The third-order valence-corrected chi connectivity index (χ3v) is 10.1. The number of nitrogens with two attached hydrogens (primary N) is 3. The summed E-state index contributed by atoms with van der Waals surface area (Å²) in [6.07, 6.45) is 4.35. The van der Waals surface area contributed by atoms with Gasteiger partial charge < -0.3 is 32.2 Å². The second-order valence-corrected chi connectivity index (χ2v) is 12.4. The number of ketones is 1. The molecule has 0 radical (unpaired) electrons. The molecular formula is C32H34N6O4S. The molecule has 0 spiro atoms. The molecule has 2 aliphatic heterocycles. The van der Waals surface area contributed by atoms with Gasteiger partial charge in [0, 0.05) is 53.5 Å². The Morgan fingerprint density at radius 2 is 1.98 bits per heavy atom. The minimum absolute atomic E-state index is 0.164. The van der Waals surface area contributed by atoms with Gasteiger partial charge in [0.2, 0.25) is 17.7 Å². The highest BCUT2D eigenvalue weighted by Gasteiger charge is 2.57. The molecular weight excluding hydrogens is 564 g/mol. The zero-order valence-corrected chi connectivity index (χ0v) is 24.6. The van der Waals surface area contributed by atoms with Crippen molar-refractivity contribution in [2.45, 2.75) is 53.5 Å². The number of piperidine rings is 1. The zero-order chi connectivity index (χ0) is 30.5. The third-order valence-electron chi connectivity index (χ3n) is 8.62. The quantitative estimate of drug-likeness (QED) is 0.246. The number of hydrogen-bond donors (Lipinski definition) is 4. The van der Waals surface area contributed by atoms with Crippen molar-refractivity contribution in [2.24, 2.45) is 11.5 Å². The summed E-state index contributed by atoms with van der Waals surface area (Å²) in [5, 5.41) is 2.42. The number of rotatable bonds is 6. The summed E-state index contributed by atoms with van der Waals surface area (Å²) in [5.41, 5.74) is 21.6. The fourth-order valence-corrected chi connectivity index (χ4v) is 7.97. The van der Waals surface area contributed by atoms with E-state index in [1.807, 2.05) is 37.3 Å². The van der Waals surface area contributed by atoms with Crippen LogP contribution in [0.1, 0.15) is 41.0 Å². The van der Waals surface area contributed by atoms with E-state index in [1.165, 1.54) is 17.8 Å². The molecule has 11 heteroatoms. The first-order valence-corrected chi connectivity index (χ1v) is 15.1. The Bertz CT molecular complexity index is 1630. The second kappa shape index (κ2) is 11.1. The molecule has 3 aliphatic rings. The number of hydrogen-bond acceptors (Lipinski definition) is 9. The van der Waals surface area contributed by atoms with Crippen LogP contribution in [0.15, 0.2) is 72.3 Å². The Hall–Kier alpha value is -4.19. The summed E-state index contributed by atoms with van der Waals surface area (Å²) in [5.74, 6) is -0.430. The molecule has 0 saturated carbocycles. The van der Waals surface area contributed by atoms with Gasteiger partial charge in [0.05, 0.1) is 11.3 Å². The van der Waals surface area contributed by atoms with E-state index in [9.17, 15) is 14.4 Å². The first-order valence-electron chi connectivity index (χ1n) is 14.2. The van der Waals surface area contributed by atoms with E-state index >= 15 is 0 Å². The maximum Gasteiger partial charge on any atom is 0.246 e. The molecule has 43 heavy (non-hydrogen) atoms. The number of para-hydroxylation sites is 1. The molecule has 3 heterocycles. The van der Waals surface area contributed by atoms with E-state index in [0.717, 1.165) is 18.4 Å². The van der Waals surface area contributed by atoms with Crippen molar-refractivity contribution < 1.29 is 19.1 Å². The lowest BCUT2D eigenvalue weighted by Gasteiger charge is -2.42. The number of carbonyl (C=O) groups is 3. The molecule has 3 aromatic rings. The van der Waals surface area contributed by atoms with Gasteiger partial charge in [-0.25, -0.2) is 4.98 Å². The van der Waals surface area contributed by atoms with Crippen molar-refractivity contribution in [3.05, 3.63) is 89.6 Å². The lowest BCUT2D eigenvalue weighted by Crippen LogP contribution is -2.61. The summed E-state index contributed by atoms with van der Waals surface area (Å²) in [6.45, 7) is 6.43. The fourth-order valence-electron chi connectivity index (χ4n) is 6.51. The van der Waals surface area contributed by atoms with Crippen LogP contribution in [-0.2, 0) is 19.9 Å². The van der Waals surface area contributed by atoms with Crippen LogP contribution in [-0.4, -0.2) is 57.9 Å². The molecule has 2 amide bonds. The molecule has 7 N–H and O–H groups in total. The van der Waals surface area contributed by atoms with Crippen molar-refractivity contribution in [2.75, 3.05) is 18.8 Å². The van der Waals surface area contributed by atoms with Gasteiger partial charge >= 0.3 is 0 Å². The van der Waals surface area contributed by atoms with Crippen LogP contribution in [0.25, 0.3) is 0 Å². The van der Waals surface area contributed by atoms with Crippen molar-refractivity contribution in [1.82, 2.24) is 15.2 Å². The highest BCUT2D eigenvalue weighted by molar-refractivity contribution is 8.01. The van der Waals surface area contributed by atoms with Crippen LogP contribution >= 0.6 is 11.8 Å². The minimum atomic E-state index is -1.60. The number of anilines is 1. The van der Waals surface area contributed by atoms with Gasteiger partial charge in [-0.2, -0.15) is 0 Å². The Balaban J connectivity index is 1.32. The van der Waals surface area contributed by atoms with E-state index < -0.39 is 28.5 Å². The number of likely N-dealkylation sites (tertiary alicyclic amines) is 1. The van der Waals surface area contributed by atoms with Crippen molar-refractivity contribution in [1.29, 1.82) is 0 Å². The Kier molecular flexibility index (Phi) is 7.49. The molecule has 1 aromatic heterocycles. The average Bonchev–Trinajstić information content (AvgIpc) is 3.42. The summed E-state index contributed by atoms with van der Waals surface area (Å²) in [4.78, 5) is 47.0. The van der Waals surface area contributed by atoms with E-state index in [1.54, 1.807) is 29.3 Å². The molecule has 222 valence electrons. The van der Waals surface area contributed by atoms with Crippen molar-refractivity contribution in [3.8, 4) is 11.6 Å². The second-order valence-electron chi connectivity index (χ2n) is 11.3. The normalized spacial score (nSPS) is 26.0. The number of ether oxygens (including phenoxy) is 1. The number of benzene rings is 2. The van der Waals surface area contributed by atoms with Gasteiger partial charge in [0.15, 0.2) is 5.78 Å². The Morgan fingerprint density at radius 3 is 2.70 bits per heavy atom. The third kappa shape index (κ3) is 4.87. The topological polar surface area (TPSA) is 167 Å². The van der Waals surface area contributed by atoms with E-state index in [4.69, 9.17) is 21.9 Å². The number of carbonyl (C=O) groups excluding carboxylic acids is 3. The molecule has 0 bridgehead atoms. The SMILES string of the molecule is C=CC(=O)N1CCCC(NC(=O)C2Sc3c(N)ccc4c3C2C(N)C(=O)C4(N)c2cnc(Oc3ccccc3)cc2C)C1. The molecule has 2 aromatic carbocycles. The van der Waals surface area contributed by atoms with Crippen LogP contribution in [0.4, 0.5) is 5.69 Å². The van der Waals surface area contributed by atoms with Gasteiger partial charge in [-0.1, -0.05) is 30.8 Å². The summed E-state index contributed by atoms with van der Waals surface area (Å²) < 4.78 is 5.89. The highest BCUT2D eigenvalue weighted by Crippen LogP contribution is 2.56. The zero-order valence-electron chi connectivity index (χ0n) is 23.8. The molecule has 5 unspecified atom stereocenters.